The largest absolute Gasteiger partial charge is 0.610 e. The van der Waals surface area contributed by atoms with Crippen molar-refractivity contribution in [3.8, 4) is 22.4 Å². The van der Waals surface area contributed by atoms with E-state index in [9.17, 15) is 8.94 Å². The van der Waals surface area contributed by atoms with Crippen LogP contribution in [0.2, 0.25) is 0 Å². The fraction of sp³-hybridized carbons (Fsp3) is 0.211. The van der Waals surface area contributed by atoms with Gasteiger partial charge in [-0.2, -0.15) is 0 Å². The highest BCUT2D eigenvalue weighted by atomic mass is 32.2. The number of hydrogen-bond acceptors (Lipinski definition) is 5. The van der Waals surface area contributed by atoms with E-state index in [1.807, 2.05) is 13.8 Å². The van der Waals surface area contributed by atoms with Crippen LogP contribution in [0.5, 0.6) is 0 Å². The number of nitrogen functional groups attached to an aromatic ring is 1. The van der Waals surface area contributed by atoms with Crippen LogP contribution in [0.3, 0.4) is 0 Å². The van der Waals surface area contributed by atoms with Crippen LogP contribution in [0.15, 0.2) is 53.9 Å². The first kappa shape index (κ1) is 18.3. The average molecular weight is 370 g/mol. The third-order valence-corrected chi connectivity index (χ3v) is 5.90. The van der Waals surface area contributed by atoms with Gasteiger partial charge in [-0.05, 0) is 43.2 Å². The van der Waals surface area contributed by atoms with Crippen molar-refractivity contribution in [3.05, 3.63) is 54.7 Å². The molecule has 0 amide bonds. The van der Waals surface area contributed by atoms with Gasteiger partial charge in [0, 0.05) is 22.9 Å². The molecule has 0 saturated carbocycles. The van der Waals surface area contributed by atoms with E-state index in [2.05, 4.69) is 15.0 Å². The second-order valence-electron chi connectivity index (χ2n) is 5.89. The van der Waals surface area contributed by atoms with Crippen LogP contribution in [0.4, 0.5) is 10.2 Å². The summed E-state index contributed by atoms with van der Waals surface area (Å²) in [6, 6.07) is 8.37. The molecule has 0 aliphatic carbocycles. The third-order valence-electron chi connectivity index (χ3n) is 4.13. The summed E-state index contributed by atoms with van der Waals surface area (Å²) < 4.78 is 27.4. The SMILES string of the molecule is CCC(C)[S+]([O-])c1ncccc1-c1ccc(-c2cnc(N)cn2)c(F)c1. The van der Waals surface area contributed by atoms with Crippen LogP contribution >= 0.6 is 0 Å². The number of pyridine rings is 1. The Morgan fingerprint density at radius 1 is 1.15 bits per heavy atom. The molecule has 2 N–H and O–H groups in total. The Morgan fingerprint density at radius 3 is 2.62 bits per heavy atom. The lowest BCUT2D eigenvalue weighted by Gasteiger charge is -2.18. The summed E-state index contributed by atoms with van der Waals surface area (Å²) in [5.41, 5.74) is 7.54. The predicted octanol–water partition coefficient (Wildman–Crippen LogP) is 3.83. The van der Waals surface area contributed by atoms with Gasteiger partial charge in [0.15, 0.2) is 0 Å². The Kier molecular flexibility index (Phi) is 5.49. The van der Waals surface area contributed by atoms with Gasteiger partial charge in [0.1, 0.15) is 16.9 Å². The molecule has 0 radical (unpaired) electrons. The Balaban J connectivity index is 2.01. The van der Waals surface area contributed by atoms with E-state index < -0.39 is 17.0 Å². The van der Waals surface area contributed by atoms with Crippen LogP contribution in [0.25, 0.3) is 22.4 Å². The molecule has 26 heavy (non-hydrogen) atoms. The van der Waals surface area contributed by atoms with Gasteiger partial charge in [-0.15, -0.1) is 0 Å². The van der Waals surface area contributed by atoms with Crippen LogP contribution in [-0.2, 0) is 11.2 Å². The van der Waals surface area contributed by atoms with Gasteiger partial charge in [0.25, 0.3) is 5.03 Å². The van der Waals surface area contributed by atoms with Crippen LogP contribution in [-0.4, -0.2) is 24.8 Å². The van der Waals surface area contributed by atoms with Crippen molar-refractivity contribution in [2.24, 2.45) is 0 Å². The number of nitrogens with two attached hydrogens (primary N) is 1. The lowest BCUT2D eigenvalue weighted by molar-refractivity contribution is 0.576. The number of hydrogen-bond donors (Lipinski definition) is 1. The quantitative estimate of drug-likeness (QED) is 0.690. The minimum absolute atomic E-state index is 0.0298. The molecule has 7 heteroatoms. The third kappa shape index (κ3) is 3.68. The van der Waals surface area contributed by atoms with E-state index >= 15 is 0 Å². The number of halogens is 1. The molecule has 3 rings (SSSR count). The molecule has 3 aromatic rings. The molecule has 0 saturated heterocycles. The summed E-state index contributed by atoms with van der Waals surface area (Å²) in [5.74, 6) is -0.163. The van der Waals surface area contributed by atoms with Crippen molar-refractivity contribution < 1.29 is 8.94 Å². The molecule has 134 valence electrons. The molecule has 2 atom stereocenters. The highest BCUT2D eigenvalue weighted by Crippen LogP contribution is 2.31. The van der Waals surface area contributed by atoms with Crippen LogP contribution < -0.4 is 5.73 Å². The smallest absolute Gasteiger partial charge is 0.252 e. The summed E-state index contributed by atoms with van der Waals surface area (Å²) in [5, 5.41) is 0.444. The molecule has 0 aliphatic rings. The summed E-state index contributed by atoms with van der Waals surface area (Å²) in [4.78, 5) is 12.3. The highest BCUT2D eigenvalue weighted by molar-refractivity contribution is 7.92. The molecule has 2 aromatic heterocycles. The van der Waals surface area contributed by atoms with Crippen molar-refractivity contribution in [2.75, 3.05) is 5.73 Å². The minimum atomic E-state index is -1.26. The van der Waals surface area contributed by atoms with Gasteiger partial charge in [0.2, 0.25) is 0 Å². The van der Waals surface area contributed by atoms with Gasteiger partial charge in [-0.25, -0.2) is 14.4 Å². The zero-order valence-electron chi connectivity index (χ0n) is 14.5. The molecule has 0 spiro atoms. The van der Waals surface area contributed by atoms with Gasteiger partial charge in [-0.1, -0.05) is 13.0 Å². The van der Waals surface area contributed by atoms with Gasteiger partial charge in [0.05, 0.1) is 23.7 Å². The Bertz CT molecular complexity index is 904. The average Bonchev–Trinajstić information content (AvgIpc) is 2.67. The molecular weight excluding hydrogens is 351 g/mol. The molecule has 0 fully saturated rings. The first-order chi connectivity index (χ1) is 12.5. The Hall–Kier alpha value is -2.51. The fourth-order valence-corrected chi connectivity index (χ4v) is 3.73. The van der Waals surface area contributed by atoms with Crippen LogP contribution in [0, 0.1) is 5.82 Å². The second-order valence-corrected chi connectivity index (χ2v) is 7.68. The van der Waals surface area contributed by atoms with Crippen molar-refractivity contribution >= 4 is 17.0 Å². The molecular formula is C19H19FN4OS. The van der Waals surface area contributed by atoms with E-state index in [0.717, 1.165) is 6.42 Å². The van der Waals surface area contributed by atoms with Crippen LogP contribution in [0.1, 0.15) is 20.3 Å². The molecule has 2 unspecified atom stereocenters. The Labute approximate surface area is 154 Å². The summed E-state index contributed by atoms with van der Waals surface area (Å²) >= 11 is -1.26. The maximum absolute atomic E-state index is 14.7. The van der Waals surface area contributed by atoms with E-state index in [-0.39, 0.29) is 11.1 Å². The topological polar surface area (TPSA) is 87.8 Å². The predicted molar refractivity (Wildman–Crippen MR) is 101 cm³/mol. The zero-order valence-corrected chi connectivity index (χ0v) is 15.3. The van der Waals surface area contributed by atoms with Crippen molar-refractivity contribution in [2.45, 2.75) is 30.5 Å². The number of nitrogens with zero attached hydrogens (tertiary/aromatic N) is 3. The molecule has 0 bridgehead atoms. The highest BCUT2D eigenvalue weighted by Gasteiger charge is 2.24. The summed E-state index contributed by atoms with van der Waals surface area (Å²) in [6.45, 7) is 3.89. The van der Waals surface area contributed by atoms with E-state index in [4.69, 9.17) is 5.73 Å². The monoisotopic (exact) mass is 370 g/mol. The lowest BCUT2D eigenvalue weighted by atomic mass is 10.0. The lowest BCUT2D eigenvalue weighted by Crippen LogP contribution is -2.19. The van der Waals surface area contributed by atoms with Gasteiger partial charge in [-0.3, -0.25) is 4.98 Å². The first-order valence-electron chi connectivity index (χ1n) is 8.24. The summed E-state index contributed by atoms with van der Waals surface area (Å²) in [6.07, 6.45) is 5.19. The number of anilines is 1. The number of aromatic nitrogens is 3. The maximum atomic E-state index is 14.7. The molecule has 2 heterocycles. The Morgan fingerprint density at radius 2 is 1.96 bits per heavy atom. The first-order valence-corrected chi connectivity index (χ1v) is 9.46. The molecule has 0 aliphatic heterocycles. The van der Waals surface area contributed by atoms with E-state index in [0.29, 0.717) is 27.4 Å². The van der Waals surface area contributed by atoms with E-state index in [1.54, 1.807) is 30.5 Å². The summed E-state index contributed by atoms with van der Waals surface area (Å²) in [7, 11) is 0. The zero-order chi connectivity index (χ0) is 18.7. The second kappa shape index (κ2) is 7.80. The standard InChI is InChI=1S/C19H19FN4OS/c1-3-12(2)26(25)19-14(5-4-8-22-19)13-6-7-15(16(20)9-13)17-10-24-18(21)11-23-17/h4-12H,3H2,1-2H3,(H2,21,24). The minimum Gasteiger partial charge on any atom is -0.610 e. The normalized spacial score (nSPS) is 13.4. The molecule has 1 aromatic carbocycles. The molecule has 5 nitrogen and oxygen atoms in total. The fourth-order valence-electron chi connectivity index (χ4n) is 2.48. The van der Waals surface area contributed by atoms with Crippen molar-refractivity contribution in [1.29, 1.82) is 0 Å². The number of rotatable bonds is 5. The maximum Gasteiger partial charge on any atom is 0.252 e. The number of benzene rings is 1. The van der Waals surface area contributed by atoms with Crippen molar-refractivity contribution in [1.82, 2.24) is 15.0 Å². The van der Waals surface area contributed by atoms with E-state index in [1.165, 1.54) is 18.5 Å². The van der Waals surface area contributed by atoms with Gasteiger partial charge < -0.3 is 10.3 Å². The van der Waals surface area contributed by atoms with Gasteiger partial charge >= 0.3 is 0 Å². The van der Waals surface area contributed by atoms with Crippen molar-refractivity contribution in [3.63, 3.8) is 0 Å².